The summed E-state index contributed by atoms with van der Waals surface area (Å²) in [5.74, 6) is 1.37. The maximum Gasteiger partial charge on any atom is 0.223 e. The molecular formula is C27H33N5O. The number of nitrogens with zero attached hydrogens (tertiary/aromatic N) is 4. The molecule has 3 aromatic rings. The number of amides is 1. The molecule has 1 aromatic carbocycles. The average Bonchev–Trinajstić information content (AvgIpc) is 3.29. The van der Waals surface area contributed by atoms with Gasteiger partial charge in [0.1, 0.15) is 5.82 Å². The molecule has 1 N–H and O–H groups in total. The molecule has 0 atom stereocenters. The highest BCUT2D eigenvalue weighted by atomic mass is 16.1. The summed E-state index contributed by atoms with van der Waals surface area (Å²) in [4.78, 5) is 19.8. The molecule has 0 radical (unpaired) electrons. The second-order valence-electron chi connectivity index (χ2n) is 9.33. The Kier molecular flexibility index (Phi) is 6.42. The molecule has 33 heavy (non-hydrogen) atoms. The molecule has 1 aliphatic heterocycles. The van der Waals surface area contributed by atoms with Gasteiger partial charge in [0.25, 0.3) is 0 Å². The molecule has 0 spiro atoms. The molecule has 0 unspecified atom stereocenters. The van der Waals surface area contributed by atoms with Crippen LogP contribution in [0.1, 0.15) is 50.6 Å². The van der Waals surface area contributed by atoms with E-state index in [4.69, 9.17) is 10.1 Å². The number of anilines is 1. The van der Waals surface area contributed by atoms with Gasteiger partial charge in [-0.2, -0.15) is 9.61 Å². The van der Waals surface area contributed by atoms with Crippen LogP contribution in [-0.4, -0.2) is 40.1 Å². The molecule has 2 aromatic heterocycles. The largest absolute Gasteiger partial charge is 0.356 e. The average molecular weight is 444 g/mol. The molecule has 1 fully saturated rings. The number of fused-ring (bicyclic) bond motifs is 1. The maximum absolute atomic E-state index is 12.7. The van der Waals surface area contributed by atoms with Crippen LogP contribution >= 0.6 is 0 Å². The second-order valence-corrected chi connectivity index (χ2v) is 9.33. The van der Waals surface area contributed by atoms with Gasteiger partial charge in [0.2, 0.25) is 5.91 Å². The number of hydrogen-bond donors (Lipinski definition) is 1. The molecule has 0 saturated carbocycles. The first-order valence-corrected chi connectivity index (χ1v) is 12.3. The van der Waals surface area contributed by atoms with Crippen molar-refractivity contribution in [2.75, 3.05) is 24.5 Å². The number of aryl methyl sites for hydroxylation is 1. The summed E-state index contributed by atoms with van der Waals surface area (Å²) < 4.78 is 1.95. The molecule has 6 nitrogen and oxygen atoms in total. The second kappa shape index (κ2) is 9.77. The Labute approximate surface area is 195 Å². The van der Waals surface area contributed by atoms with E-state index >= 15 is 0 Å². The fraction of sp³-hybridized carbons (Fsp3) is 0.444. The van der Waals surface area contributed by atoms with Gasteiger partial charge in [0, 0.05) is 48.9 Å². The van der Waals surface area contributed by atoms with Gasteiger partial charge in [0.15, 0.2) is 5.65 Å². The summed E-state index contributed by atoms with van der Waals surface area (Å²) in [7, 11) is 0. The number of aromatic nitrogens is 3. The summed E-state index contributed by atoms with van der Waals surface area (Å²) in [6, 6.07) is 14.4. The van der Waals surface area contributed by atoms with Crippen LogP contribution in [0.25, 0.3) is 16.9 Å². The summed E-state index contributed by atoms with van der Waals surface area (Å²) in [6.45, 7) is 4.50. The minimum atomic E-state index is 0.0949. The number of nitrogens with one attached hydrogen (secondary N) is 1. The number of carbonyl (C=O) groups excluding carboxylic acids is 1. The van der Waals surface area contributed by atoms with E-state index in [0.717, 1.165) is 67.3 Å². The molecule has 1 aliphatic carbocycles. The van der Waals surface area contributed by atoms with Gasteiger partial charge in [-0.05, 0) is 51.9 Å². The SMILES string of the molecule is Cc1cc(N2CCC(C(=O)NCCC3=CCCCC3)CC2)n2nc(-c3ccccc3)cc2n1. The molecular weight excluding hydrogens is 410 g/mol. The van der Waals surface area contributed by atoms with Crippen molar-refractivity contribution in [1.82, 2.24) is 19.9 Å². The standard InChI is InChI=1S/C27H33N5O/c1-20-18-26(32-25(29-20)19-24(30-32)22-10-6-3-7-11-22)31-16-13-23(14-17-31)27(33)28-15-12-21-8-4-2-5-9-21/h3,6-8,10-11,18-19,23H,2,4-5,9,12-17H2,1H3,(H,28,33). The molecule has 1 saturated heterocycles. The smallest absolute Gasteiger partial charge is 0.223 e. The molecule has 2 aliphatic rings. The highest BCUT2D eigenvalue weighted by molar-refractivity contribution is 5.79. The van der Waals surface area contributed by atoms with Crippen molar-refractivity contribution in [3.63, 3.8) is 0 Å². The fourth-order valence-electron chi connectivity index (χ4n) is 5.05. The van der Waals surface area contributed by atoms with E-state index in [1.165, 1.54) is 31.3 Å². The van der Waals surface area contributed by atoms with Gasteiger partial charge < -0.3 is 10.2 Å². The van der Waals surface area contributed by atoms with E-state index in [2.05, 4.69) is 34.5 Å². The lowest BCUT2D eigenvalue weighted by Crippen LogP contribution is -2.41. The van der Waals surface area contributed by atoms with Gasteiger partial charge in [0.05, 0.1) is 5.69 Å². The van der Waals surface area contributed by atoms with Crippen LogP contribution in [-0.2, 0) is 4.79 Å². The predicted molar refractivity (Wildman–Crippen MR) is 132 cm³/mol. The lowest BCUT2D eigenvalue weighted by molar-refractivity contribution is -0.125. The lowest BCUT2D eigenvalue weighted by Gasteiger charge is -2.33. The molecule has 3 heterocycles. The fourth-order valence-corrected chi connectivity index (χ4v) is 5.05. The van der Waals surface area contributed by atoms with Crippen molar-refractivity contribution >= 4 is 17.4 Å². The van der Waals surface area contributed by atoms with Crippen LogP contribution in [0, 0.1) is 12.8 Å². The predicted octanol–water partition coefficient (Wildman–Crippen LogP) is 4.93. The number of hydrogen-bond acceptors (Lipinski definition) is 4. The Hall–Kier alpha value is -3.15. The zero-order valence-electron chi connectivity index (χ0n) is 19.5. The monoisotopic (exact) mass is 443 g/mol. The first kappa shape index (κ1) is 21.7. The van der Waals surface area contributed by atoms with Gasteiger partial charge in [-0.3, -0.25) is 4.79 Å². The summed E-state index contributed by atoms with van der Waals surface area (Å²) in [5.41, 5.74) is 5.38. The van der Waals surface area contributed by atoms with E-state index in [1.54, 1.807) is 0 Å². The first-order chi connectivity index (χ1) is 16.2. The minimum Gasteiger partial charge on any atom is -0.356 e. The van der Waals surface area contributed by atoms with Crippen LogP contribution < -0.4 is 10.2 Å². The number of rotatable bonds is 6. The van der Waals surface area contributed by atoms with Crippen molar-refractivity contribution in [3.05, 3.63) is 59.8 Å². The van der Waals surface area contributed by atoms with Gasteiger partial charge in [-0.15, -0.1) is 0 Å². The Bertz CT molecular complexity index is 1140. The highest BCUT2D eigenvalue weighted by Gasteiger charge is 2.26. The third-order valence-electron chi connectivity index (χ3n) is 6.93. The molecule has 1 amide bonds. The third-order valence-corrected chi connectivity index (χ3v) is 6.93. The number of carbonyl (C=O) groups is 1. The third kappa shape index (κ3) is 4.95. The maximum atomic E-state index is 12.7. The lowest BCUT2D eigenvalue weighted by atomic mass is 9.95. The Morgan fingerprint density at radius 1 is 1.12 bits per heavy atom. The van der Waals surface area contributed by atoms with E-state index in [-0.39, 0.29) is 11.8 Å². The van der Waals surface area contributed by atoms with Gasteiger partial charge in [-0.25, -0.2) is 4.98 Å². The van der Waals surface area contributed by atoms with E-state index in [0.29, 0.717) is 0 Å². The molecule has 172 valence electrons. The Morgan fingerprint density at radius 2 is 1.94 bits per heavy atom. The van der Waals surface area contributed by atoms with Crippen molar-refractivity contribution in [3.8, 4) is 11.3 Å². The zero-order valence-corrected chi connectivity index (χ0v) is 19.5. The summed E-state index contributed by atoms with van der Waals surface area (Å²) in [6.07, 6.45) is 10.1. The van der Waals surface area contributed by atoms with Crippen molar-refractivity contribution < 1.29 is 4.79 Å². The van der Waals surface area contributed by atoms with Crippen molar-refractivity contribution in [2.24, 2.45) is 5.92 Å². The number of piperidine rings is 1. The van der Waals surface area contributed by atoms with Crippen LogP contribution in [0.3, 0.4) is 0 Å². The molecule has 5 rings (SSSR count). The van der Waals surface area contributed by atoms with Gasteiger partial charge in [-0.1, -0.05) is 42.0 Å². The van der Waals surface area contributed by atoms with Crippen LogP contribution in [0.15, 0.2) is 54.1 Å². The Balaban J connectivity index is 1.23. The van der Waals surface area contributed by atoms with E-state index in [9.17, 15) is 4.79 Å². The summed E-state index contributed by atoms with van der Waals surface area (Å²) in [5, 5.41) is 8.05. The first-order valence-electron chi connectivity index (χ1n) is 12.3. The molecule has 6 heteroatoms. The van der Waals surface area contributed by atoms with Crippen LogP contribution in [0.2, 0.25) is 0 Å². The normalized spacial score (nSPS) is 17.2. The quantitative estimate of drug-likeness (QED) is 0.549. The Morgan fingerprint density at radius 3 is 2.70 bits per heavy atom. The molecule has 0 bridgehead atoms. The van der Waals surface area contributed by atoms with Crippen LogP contribution in [0.5, 0.6) is 0 Å². The number of benzene rings is 1. The highest BCUT2D eigenvalue weighted by Crippen LogP contribution is 2.27. The van der Waals surface area contributed by atoms with Gasteiger partial charge >= 0.3 is 0 Å². The minimum absolute atomic E-state index is 0.0949. The topological polar surface area (TPSA) is 62.5 Å². The van der Waals surface area contributed by atoms with Crippen molar-refractivity contribution in [1.29, 1.82) is 0 Å². The number of allylic oxidation sites excluding steroid dienone is 1. The van der Waals surface area contributed by atoms with E-state index in [1.807, 2.05) is 35.7 Å². The van der Waals surface area contributed by atoms with Crippen LogP contribution in [0.4, 0.5) is 5.82 Å². The summed E-state index contributed by atoms with van der Waals surface area (Å²) >= 11 is 0. The van der Waals surface area contributed by atoms with E-state index < -0.39 is 0 Å². The van der Waals surface area contributed by atoms with Crippen molar-refractivity contribution in [2.45, 2.75) is 51.9 Å². The zero-order chi connectivity index (χ0) is 22.6.